The fraction of sp³-hybridized carbons (Fsp3) is 1.00. The summed E-state index contributed by atoms with van der Waals surface area (Å²) in [5.74, 6) is 0.562. The number of rotatable bonds is 8. The van der Waals surface area contributed by atoms with Crippen molar-refractivity contribution in [3.8, 4) is 0 Å². The summed E-state index contributed by atoms with van der Waals surface area (Å²) in [5.41, 5.74) is -0.247. The van der Waals surface area contributed by atoms with Crippen LogP contribution < -0.4 is 5.32 Å². The zero-order valence-electron chi connectivity index (χ0n) is 12.4. The van der Waals surface area contributed by atoms with Gasteiger partial charge in [0.15, 0.2) is 0 Å². The zero-order valence-corrected chi connectivity index (χ0v) is 12.4. The van der Waals surface area contributed by atoms with Crippen LogP contribution in [-0.2, 0) is 9.47 Å². The minimum Gasteiger partial charge on any atom is -0.394 e. The Balaban J connectivity index is 1.78. The van der Waals surface area contributed by atoms with Crippen molar-refractivity contribution in [3.05, 3.63) is 0 Å². The molecule has 2 unspecified atom stereocenters. The Morgan fingerprint density at radius 2 is 2.11 bits per heavy atom. The lowest BCUT2D eigenvalue weighted by molar-refractivity contribution is -0.0613. The summed E-state index contributed by atoms with van der Waals surface area (Å²) in [6.07, 6.45) is 6.17. The molecule has 0 aromatic heterocycles. The van der Waals surface area contributed by atoms with Crippen LogP contribution in [0.25, 0.3) is 0 Å². The van der Waals surface area contributed by atoms with Gasteiger partial charge in [-0.2, -0.15) is 0 Å². The second kappa shape index (κ2) is 7.02. The lowest BCUT2D eigenvalue weighted by Crippen LogP contribution is -2.57. The van der Waals surface area contributed by atoms with E-state index < -0.39 is 0 Å². The summed E-state index contributed by atoms with van der Waals surface area (Å²) in [4.78, 5) is 0. The molecule has 2 fully saturated rings. The molecule has 0 amide bonds. The van der Waals surface area contributed by atoms with Gasteiger partial charge in [0.2, 0.25) is 0 Å². The lowest BCUT2D eigenvalue weighted by Gasteiger charge is -2.36. The van der Waals surface area contributed by atoms with Crippen molar-refractivity contribution < 1.29 is 14.6 Å². The van der Waals surface area contributed by atoms with Crippen LogP contribution in [0.5, 0.6) is 0 Å². The van der Waals surface area contributed by atoms with E-state index >= 15 is 0 Å². The van der Waals surface area contributed by atoms with Crippen molar-refractivity contribution in [1.29, 1.82) is 0 Å². The number of ether oxygens (including phenoxy) is 2. The van der Waals surface area contributed by atoms with Crippen molar-refractivity contribution in [3.63, 3.8) is 0 Å². The number of aliphatic hydroxyl groups is 1. The first-order valence-corrected chi connectivity index (χ1v) is 7.74. The highest BCUT2D eigenvalue weighted by atomic mass is 16.5. The van der Waals surface area contributed by atoms with E-state index in [4.69, 9.17) is 9.47 Å². The lowest BCUT2D eigenvalue weighted by atomic mass is 9.94. The van der Waals surface area contributed by atoms with Crippen LogP contribution in [0.1, 0.15) is 46.0 Å². The Morgan fingerprint density at radius 1 is 1.32 bits per heavy atom. The van der Waals surface area contributed by atoms with Gasteiger partial charge in [-0.05, 0) is 38.0 Å². The monoisotopic (exact) mass is 271 g/mol. The van der Waals surface area contributed by atoms with E-state index in [1.807, 2.05) is 0 Å². The van der Waals surface area contributed by atoms with Crippen molar-refractivity contribution >= 4 is 0 Å². The second-order valence-corrected chi connectivity index (χ2v) is 6.39. The molecule has 0 radical (unpaired) electrons. The smallest absolute Gasteiger partial charge is 0.0808 e. The molecule has 1 aliphatic heterocycles. The molecule has 1 saturated carbocycles. The van der Waals surface area contributed by atoms with Gasteiger partial charge in [-0.25, -0.2) is 0 Å². The van der Waals surface area contributed by atoms with Gasteiger partial charge in [-0.1, -0.05) is 13.8 Å². The summed E-state index contributed by atoms with van der Waals surface area (Å²) in [6, 6.07) is 0.363. The number of hydrogen-bond donors (Lipinski definition) is 2. The highest BCUT2D eigenvalue weighted by Gasteiger charge is 2.45. The summed E-state index contributed by atoms with van der Waals surface area (Å²) in [7, 11) is 0. The number of aliphatic hydroxyl groups excluding tert-OH is 1. The second-order valence-electron chi connectivity index (χ2n) is 6.39. The van der Waals surface area contributed by atoms with Crippen LogP contribution in [0.3, 0.4) is 0 Å². The molecule has 0 aromatic rings. The number of nitrogens with one attached hydrogen (secondary N) is 1. The average Bonchev–Trinajstić information content (AvgIpc) is 3.23. The van der Waals surface area contributed by atoms with Gasteiger partial charge in [0, 0.05) is 12.6 Å². The molecule has 4 nitrogen and oxygen atoms in total. The molecular weight excluding hydrogens is 242 g/mol. The van der Waals surface area contributed by atoms with Crippen LogP contribution in [0.15, 0.2) is 0 Å². The predicted molar refractivity (Wildman–Crippen MR) is 75.2 cm³/mol. The van der Waals surface area contributed by atoms with Crippen molar-refractivity contribution in [2.24, 2.45) is 5.92 Å². The zero-order chi connectivity index (χ0) is 13.7. The average molecular weight is 271 g/mol. The quantitative estimate of drug-likeness (QED) is 0.705. The first kappa shape index (κ1) is 15.2. The molecule has 0 aromatic carbocycles. The van der Waals surface area contributed by atoms with E-state index in [1.54, 1.807) is 0 Å². The Hall–Kier alpha value is -0.160. The van der Waals surface area contributed by atoms with Gasteiger partial charge in [-0.3, -0.25) is 0 Å². The third-order valence-electron chi connectivity index (χ3n) is 4.15. The molecule has 1 aliphatic carbocycles. The van der Waals surface area contributed by atoms with Gasteiger partial charge in [0.1, 0.15) is 0 Å². The fourth-order valence-electron chi connectivity index (χ4n) is 3.02. The van der Waals surface area contributed by atoms with E-state index in [0.717, 1.165) is 13.0 Å². The van der Waals surface area contributed by atoms with Crippen LogP contribution in [0.2, 0.25) is 0 Å². The fourth-order valence-corrected chi connectivity index (χ4v) is 3.02. The van der Waals surface area contributed by atoms with E-state index in [1.165, 1.54) is 25.7 Å². The molecule has 19 heavy (non-hydrogen) atoms. The molecule has 2 N–H and O–H groups in total. The van der Waals surface area contributed by atoms with Crippen LogP contribution in [-0.4, -0.2) is 49.2 Å². The van der Waals surface area contributed by atoms with E-state index in [2.05, 4.69) is 19.2 Å². The van der Waals surface area contributed by atoms with Gasteiger partial charge in [0.25, 0.3) is 0 Å². The minimum absolute atomic E-state index is 0.154. The van der Waals surface area contributed by atoms with Crippen molar-refractivity contribution in [2.75, 3.05) is 26.4 Å². The van der Waals surface area contributed by atoms with Crippen LogP contribution in [0, 0.1) is 5.92 Å². The number of hydrogen-bond acceptors (Lipinski definition) is 4. The molecular formula is C15H29NO3. The van der Waals surface area contributed by atoms with E-state index in [0.29, 0.717) is 25.2 Å². The van der Waals surface area contributed by atoms with Gasteiger partial charge in [-0.15, -0.1) is 0 Å². The maximum Gasteiger partial charge on any atom is 0.0808 e. The largest absolute Gasteiger partial charge is 0.394 e. The minimum atomic E-state index is -0.247. The van der Waals surface area contributed by atoms with E-state index in [9.17, 15) is 5.11 Å². The van der Waals surface area contributed by atoms with Crippen molar-refractivity contribution in [1.82, 2.24) is 5.32 Å². The normalized spacial score (nSPS) is 27.5. The standard InChI is InChI=1S/C15H29NO3/c1-12(2)16-15(10-17,13-6-7-13)11-18-9-14-5-3-4-8-19-14/h12-14,16-17H,3-11H2,1-2H3. The Bertz CT molecular complexity index is 262. The Kier molecular flexibility index (Phi) is 5.63. The maximum absolute atomic E-state index is 9.80. The molecule has 0 spiro atoms. The third-order valence-corrected chi connectivity index (χ3v) is 4.15. The summed E-state index contributed by atoms with van der Waals surface area (Å²) in [6.45, 7) is 6.52. The molecule has 4 heteroatoms. The van der Waals surface area contributed by atoms with Crippen LogP contribution >= 0.6 is 0 Å². The summed E-state index contributed by atoms with van der Waals surface area (Å²) in [5, 5.41) is 13.3. The van der Waals surface area contributed by atoms with E-state index in [-0.39, 0.29) is 18.2 Å². The Morgan fingerprint density at radius 3 is 2.63 bits per heavy atom. The highest BCUT2D eigenvalue weighted by molar-refractivity contribution is 5.01. The molecule has 2 aliphatic rings. The predicted octanol–water partition coefficient (Wildman–Crippen LogP) is 1.71. The maximum atomic E-state index is 9.80. The molecule has 2 atom stereocenters. The molecule has 1 heterocycles. The molecule has 1 saturated heterocycles. The highest BCUT2D eigenvalue weighted by Crippen LogP contribution is 2.40. The first-order valence-electron chi connectivity index (χ1n) is 7.74. The van der Waals surface area contributed by atoms with Crippen LogP contribution in [0.4, 0.5) is 0 Å². The Labute approximate surface area is 116 Å². The first-order chi connectivity index (χ1) is 9.16. The molecule has 2 rings (SSSR count). The summed E-state index contributed by atoms with van der Waals surface area (Å²) >= 11 is 0. The van der Waals surface area contributed by atoms with Gasteiger partial charge >= 0.3 is 0 Å². The summed E-state index contributed by atoms with van der Waals surface area (Å²) < 4.78 is 11.6. The topological polar surface area (TPSA) is 50.7 Å². The molecule has 0 bridgehead atoms. The van der Waals surface area contributed by atoms with Gasteiger partial charge in [0.05, 0.1) is 31.5 Å². The molecule has 112 valence electrons. The van der Waals surface area contributed by atoms with Crippen molar-refractivity contribution in [2.45, 2.75) is 63.6 Å². The third kappa shape index (κ3) is 4.42. The van der Waals surface area contributed by atoms with Gasteiger partial charge < -0.3 is 19.9 Å². The SMILES string of the molecule is CC(C)NC(CO)(COCC1CCCCO1)C1CC1.